The molecular formula is C11H11NO2. The molecule has 72 valence electrons. The van der Waals surface area contributed by atoms with Gasteiger partial charge in [-0.3, -0.25) is 14.5 Å². The first-order valence-corrected chi connectivity index (χ1v) is 4.71. The normalized spacial score (nSPS) is 30.4. The number of allylic oxidation sites excluding steroid dienone is 1. The van der Waals surface area contributed by atoms with Gasteiger partial charge in [-0.15, -0.1) is 6.42 Å². The number of nitrogens with zero attached hydrogens (tertiary/aromatic N) is 1. The third kappa shape index (κ3) is 1.15. The first-order chi connectivity index (χ1) is 6.75. The van der Waals surface area contributed by atoms with Gasteiger partial charge in [0, 0.05) is 0 Å². The lowest BCUT2D eigenvalue weighted by Gasteiger charge is -2.14. The van der Waals surface area contributed by atoms with Crippen molar-refractivity contribution in [2.24, 2.45) is 11.8 Å². The first-order valence-electron chi connectivity index (χ1n) is 4.71. The quantitative estimate of drug-likeness (QED) is 0.343. The number of imide groups is 1. The summed E-state index contributed by atoms with van der Waals surface area (Å²) in [5.74, 6) is 1.72. The van der Waals surface area contributed by atoms with Crippen molar-refractivity contribution in [3.63, 3.8) is 0 Å². The number of carbonyl (C=O) groups is 2. The van der Waals surface area contributed by atoms with E-state index in [1.54, 1.807) is 0 Å². The predicted molar refractivity (Wildman–Crippen MR) is 50.9 cm³/mol. The maximum atomic E-state index is 11.7. The predicted octanol–water partition coefficient (Wildman–Crippen LogP) is 0.571. The highest BCUT2D eigenvalue weighted by molar-refractivity contribution is 6.06. The standard InChI is InChI=1S/C11H11NO2/c1-2-7-12-10(13)8-5-3-4-6-9(8)11(12)14/h1,3,5,8-9H,4,6-7H2. The lowest BCUT2D eigenvalue weighted by molar-refractivity contribution is -0.138. The minimum Gasteiger partial charge on any atom is -0.274 e. The number of amides is 2. The number of rotatable bonds is 1. The van der Waals surface area contributed by atoms with Gasteiger partial charge in [0.25, 0.3) is 0 Å². The first kappa shape index (κ1) is 9.01. The van der Waals surface area contributed by atoms with Crippen molar-refractivity contribution < 1.29 is 9.59 Å². The molecule has 0 spiro atoms. The van der Waals surface area contributed by atoms with E-state index in [-0.39, 0.29) is 30.2 Å². The van der Waals surface area contributed by atoms with Crippen LogP contribution in [0.3, 0.4) is 0 Å². The molecule has 0 aromatic heterocycles. The van der Waals surface area contributed by atoms with E-state index in [4.69, 9.17) is 6.42 Å². The smallest absolute Gasteiger partial charge is 0.237 e. The van der Waals surface area contributed by atoms with Gasteiger partial charge in [-0.25, -0.2) is 0 Å². The van der Waals surface area contributed by atoms with Crippen LogP contribution in [0.2, 0.25) is 0 Å². The molecule has 2 amide bonds. The van der Waals surface area contributed by atoms with Crippen molar-refractivity contribution in [1.29, 1.82) is 0 Å². The number of fused-ring (bicyclic) bond motifs is 1. The molecule has 0 N–H and O–H groups in total. The van der Waals surface area contributed by atoms with Crippen molar-refractivity contribution in [3.8, 4) is 12.3 Å². The minimum absolute atomic E-state index is 0.0951. The largest absolute Gasteiger partial charge is 0.274 e. The molecule has 2 unspecified atom stereocenters. The zero-order valence-electron chi connectivity index (χ0n) is 7.77. The van der Waals surface area contributed by atoms with Crippen LogP contribution in [0, 0.1) is 24.2 Å². The Morgan fingerprint density at radius 3 is 2.93 bits per heavy atom. The Morgan fingerprint density at radius 1 is 1.50 bits per heavy atom. The summed E-state index contributed by atoms with van der Waals surface area (Å²) in [6.45, 7) is 0.110. The highest BCUT2D eigenvalue weighted by Gasteiger charge is 2.46. The second-order valence-corrected chi connectivity index (χ2v) is 3.60. The number of carbonyl (C=O) groups excluding carboxylic acids is 2. The van der Waals surface area contributed by atoms with Crippen molar-refractivity contribution >= 4 is 11.8 Å². The van der Waals surface area contributed by atoms with Gasteiger partial charge in [0.05, 0.1) is 18.4 Å². The van der Waals surface area contributed by atoms with Gasteiger partial charge in [-0.1, -0.05) is 18.1 Å². The Kier molecular flexibility index (Phi) is 2.12. The Morgan fingerprint density at radius 2 is 2.29 bits per heavy atom. The number of terminal acetylenes is 1. The molecule has 3 heteroatoms. The highest BCUT2D eigenvalue weighted by atomic mass is 16.2. The molecule has 3 nitrogen and oxygen atoms in total. The van der Waals surface area contributed by atoms with Crippen molar-refractivity contribution in [2.75, 3.05) is 6.54 Å². The zero-order chi connectivity index (χ0) is 10.1. The summed E-state index contributed by atoms with van der Waals surface area (Å²) in [4.78, 5) is 24.6. The minimum atomic E-state index is -0.246. The fourth-order valence-electron chi connectivity index (χ4n) is 2.10. The van der Waals surface area contributed by atoms with Crippen LogP contribution in [-0.2, 0) is 9.59 Å². The molecule has 0 radical (unpaired) electrons. The van der Waals surface area contributed by atoms with Gasteiger partial charge < -0.3 is 0 Å². The van der Waals surface area contributed by atoms with E-state index < -0.39 is 0 Å². The van der Waals surface area contributed by atoms with E-state index in [1.807, 2.05) is 12.2 Å². The Labute approximate surface area is 82.8 Å². The molecular weight excluding hydrogens is 178 g/mol. The lowest BCUT2D eigenvalue weighted by atomic mass is 9.86. The maximum absolute atomic E-state index is 11.7. The number of hydrogen-bond acceptors (Lipinski definition) is 2. The molecule has 1 aliphatic heterocycles. The van der Waals surface area contributed by atoms with E-state index >= 15 is 0 Å². The van der Waals surface area contributed by atoms with Crippen LogP contribution in [0.5, 0.6) is 0 Å². The van der Waals surface area contributed by atoms with Gasteiger partial charge in [-0.05, 0) is 12.8 Å². The summed E-state index contributed by atoms with van der Waals surface area (Å²) in [7, 11) is 0. The fraction of sp³-hybridized carbons (Fsp3) is 0.455. The van der Waals surface area contributed by atoms with Gasteiger partial charge in [-0.2, -0.15) is 0 Å². The van der Waals surface area contributed by atoms with Gasteiger partial charge >= 0.3 is 0 Å². The van der Waals surface area contributed by atoms with E-state index in [1.165, 1.54) is 4.90 Å². The zero-order valence-corrected chi connectivity index (χ0v) is 7.77. The fourth-order valence-corrected chi connectivity index (χ4v) is 2.10. The van der Waals surface area contributed by atoms with E-state index in [9.17, 15) is 9.59 Å². The van der Waals surface area contributed by atoms with Gasteiger partial charge in [0.2, 0.25) is 11.8 Å². The molecule has 0 aromatic rings. The molecule has 2 rings (SSSR count). The van der Waals surface area contributed by atoms with E-state index in [0.29, 0.717) is 0 Å². The van der Waals surface area contributed by atoms with Crippen LogP contribution in [-0.4, -0.2) is 23.3 Å². The summed E-state index contributed by atoms with van der Waals surface area (Å²) in [5.41, 5.74) is 0. The molecule has 1 saturated heterocycles. The summed E-state index contributed by atoms with van der Waals surface area (Å²) < 4.78 is 0. The topological polar surface area (TPSA) is 37.4 Å². The average molecular weight is 189 g/mol. The van der Waals surface area contributed by atoms with Crippen LogP contribution in [0.15, 0.2) is 12.2 Å². The second kappa shape index (κ2) is 3.30. The molecule has 1 aliphatic carbocycles. The molecule has 14 heavy (non-hydrogen) atoms. The summed E-state index contributed by atoms with van der Waals surface area (Å²) in [5, 5.41) is 0. The lowest BCUT2D eigenvalue weighted by Crippen LogP contribution is -2.31. The van der Waals surface area contributed by atoms with Crippen molar-refractivity contribution in [3.05, 3.63) is 12.2 Å². The summed E-state index contributed by atoms with van der Waals surface area (Å²) in [6.07, 6.45) is 10.6. The average Bonchev–Trinajstić information content (AvgIpc) is 2.45. The van der Waals surface area contributed by atoms with Crippen LogP contribution >= 0.6 is 0 Å². The molecule has 0 saturated carbocycles. The molecule has 1 fully saturated rings. The second-order valence-electron chi connectivity index (χ2n) is 3.60. The van der Waals surface area contributed by atoms with E-state index in [0.717, 1.165) is 12.8 Å². The third-order valence-corrected chi connectivity index (χ3v) is 2.81. The Bertz CT molecular complexity index is 351. The SMILES string of the molecule is C#CCN1C(=O)C2C=CCCC2C1=O. The van der Waals surface area contributed by atoms with Crippen LogP contribution in [0.25, 0.3) is 0 Å². The van der Waals surface area contributed by atoms with E-state index in [2.05, 4.69) is 5.92 Å². The summed E-state index contributed by atoms with van der Waals surface area (Å²) >= 11 is 0. The summed E-state index contributed by atoms with van der Waals surface area (Å²) in [6, 6.07) is 0. The van der Waals surface area contributed by atoms with Crippen molar-refractivity contribution in [1.82, 2.24) is 4.90 Å². The monoisotopic (exact) mass is 189 g/mol. The van der Waals surface area contributed by atoms with Crippen LogP contribution < -0.4 is 0 Å². The Balaban J connectivity index is 2.27. The molecule has 0 bridgehead atoms. The molecule has 2 atom stereocenters. The van der Waals surface area contributed by atoms with Crippen LogP contribution in [0.4, 0.5) is 0 Å². The molecule has 2 aliphatic rings. The van der Waals surface area contributed by atoms with Gasteiger partial charge in [0.1, 0.15) is 0 Å². The maximum Gasteiger partial charge on any atom is 0.237 e. The van der Waals surface area contributed by atoms with Crippen molar-refractivity contribution in [2.45, 2.75) is 12.8 Å². The number of likely N-dealkylation sites (tertiary alicyclic amines) is 1. The van der Waals surface area contributed by atoms with Crippen LogP contribution in [0.1, 0.15) is 12.8 Å². The number of hydrogen-bond donors (Lipinski definition) is 0. The Hall–Kier alpha value is -1.56. The molecule has 1 heterocycles. The van der Waals surface area contributed by atoms with Gasteiger partial charge in [0.15, 0.2) is 0 Å². The highest BCUT2D eigenvalue weighted by Crippen LogP contribution is 2.33. The molecule has 0 aromatic carbocycles. The third-order valence-electron chi connectivity index (χ3n) is 2.81.